The minimum Gasteiger partial charge on any atom is -0.494 e. The van der Waals surface area contributed by atoms with Gasteiger partial charge in [-0.3, -0.25) is 0 Å². The number of rotatable bonds is 8. The molecule has 5 nitrogen and oxygen atoms in total. The van der Waals surface area contributed by atoms with Crippen LogP contribution in [0.3, 0.4) is 0 Å². The molecule has 0 unspecified atom stereocenters. The Morgan fingerprint density at radius 1 is 1.04 bits per heavy atom. The van der Waals surface area contributed by atoms with Crippen LogP contribution in [0.1, 0.15) is 12.5 Å². The summed E-state index contributed by atoms with van der Waals surface area (Å²) in [5.41, 5.74) is 0.789. The van der Waals surface area contributed by atoms with Crippen molar-refractivity contribution in [2.75, 3.05) is 13.7 Å². The molecular weight excluding hydrogens is 296 g/mol. The molecule has 2 rings (SSSR count). The van der Waals surface area contributed by atoms with Crippen molar-refractivity contribution in [2.45, 2.75) is 19.4 Å². The molecule has 0 radical (unpaired) electrons. The molecule has 0 aromatic heterocycles. The number of carboxylic acid groups (broad SMARTS) is 1. The van der Waals surface area contributed by atoms with Crippen molar-refractivity contribution in [2.24, 2.45) is 0 Å². The second-order valence-corrected chi connectivity index (χ2v) is 4.84. The Morgan fingerprint density at radius 3 is 2.26 bits per heavy atom. The average Bonchev–Trinajstić information content (AvgIpc) is 2.56. The largest absolute Gasteiger partial charge is 0.494 e. The van der Waals surface area contributed by atoms with E-state index in [1.165, 1.54) is 7.11 Å². The Bertz CT molecular complexity index is 653. The van der Waals surface area contributed by atoms with E-state index in [0.717, 1.165) is 5.56 Å². The van der Waals surface area contributed by atoms with Crippen molar-refractivity contribution in [1.29, 1.82) is 0 Å². The molecule has 0 spiro atoms. The first-order chi connectivity index (χ1) is 11.2. The fraction of sp³-hybridized carbons (Fsp3) is 0.278. The Hall–Kier alpha value is -2.69. The summed E-state index contributed by atoms with van der Waals surface area (Å²) in [5, 5.41) is 9.47. The zero-order valence-electron chi connectivity index (χ0n) is 13.2. The zero-order chi connectivity index (χ0) is 16.7. The quantitative estimate of drug-likeness (QED) is 0.810. The highest BCUT2D eigenvalue weighted by Gasteiger charge is 2.23. The molecule has 0 bridgehead atoms. The van der Waals surface area contributed by atoms with Crippen LogP contribution in [0.25, 0.3) is 0 Å². The third-order valence-electron chi connectivity index (χ3n) is 3.29. The van der Waals surface area contributed by atoms with Gasteiger partial charge in [0.1, 0.15) is 5.75 Å². The summed E-state index contributed by atoms with van der Waals surface area (Å²) in [5.74, 6) is 0.528. The van der Waals surface area contributed by atoms with Gasteiger partial charge >= 0.3 is 5.97 Å². The molecule has 23 heavy (non-hydrogen) atoms. The fourth-order valence-electron chi connectivity index (χ4n) is 2.22. The molecule has 0 aliphatic rings. The monoisotopic (exact) mass is 316 g/mol. The fourth-order valence-corrected chi connectivity index (χ4v) is 2.22. The first-order valence-electron chi connectivity index (χ1n) is 7.39. The van der Waals surface area contributed by atoms with Gasteiger partial charge in [-0.05, 0) is 30.7 Å². The highest BCUT2D eigenvalue weighted by molar-refractivity contribution is 5.73. The van der Waals surface area contributed by atoms with Gasteiger partial charge in [0.15, 0.2) is 17.6 Å². The van der Waals surface area contributed by atoms with Crippen LogP contribution in [0.15, 0.2) is 48.5 Å². The first kappa shape index (κ1) is 16.7. The minimum absolute atomic E-state index is 0.198. The van der Waals surface area contributed by atoms with Gasteiger partial charge in [-0.15, -0.1) is 0 Å². The lowest BCUT2D eigenvalue weighted by atomic mass is 10.1. The van der Waals surface area contributed by atoms with E-state index >= 15 is 0 Å². The molecule has 1 N–H and O–H groups in total. The Labute approximate surface area is 135 Å². The van der Waals surface area contributed by atoms with Crippen molar-refractivity contribution in [3.63, 3.8) is 0 Å². The number of carboxylic acids is 1. The predicted octanol–water partition coefficient (Wildman–Crippen LogP) is 3.17. The highest BCUT2D eigenvalue weighted by Crippen LogP contribution is 2.28. The molecule has 0 aliphatic carbocycles. The summed E-state index contributed by atoms with van der Waals surface area (Å²) in [4.78, 5) is 11.6. The smallest absolute Gasteiger partial charge is 0.345 e. The molecule has 0 fully saturated rings. The number of benzene rings is 2. The topological polar surface area (TPSA) is 65.0 Å². The van der Waals surface area contributed by atoms with Crippen molar-refractivity contribution in [1.82, 2.24) is 0 Å². The Kier molecular flexibility index (Phi) is 5.86. The molecule has 2 aromatic carbocycles. The van der Waals surface area contributed by atoms with Crippen LogP contribution in [0.5, 0.6) is 17.2 Å². The van der Waals surface area contributed by atoms with E-state index in [1.807, 2.05) is 31.2 Å². The molecule has 122 valence electrons. The summed E-state index contributed by atoms with van der Waals surface area (Å²) in [6.07, 6.45) is -0.836. The van der Waals surface area contributed by atoms with Gasteiger partial charge in [0.05, 0.1) is 13.7 Å². The standard InChI is InChI=1S/C18H20O5/c1-3-22-14-9-5-4-8-13(14)12-17(18(19)20)23-16-11-7-6-10-15(16)21-2/h4-11,17H,3,12H2,1-2H3,(H,19,20)/t17-/m1/s1. The Morgan fingerprint density at radius 2 is 1.65 bits per heavy atom. The van der Waals surface area contributed by atoms with Crippen LogP contribution >= 0.6 is 0 Å². The Balaban J connectivity index is 2.21. The number of para-hydroxylation sites is 3. The van der Waals surface area contributed by atoms with Crippen molar-refractivity contribution >= 4 is 5.97 Å². The van der Waals surface area contributed by atoms with E-state index < -0.39 is 12.1 Å². The molecule has 5 heteroatoms. The summed E-state index contributed by atoms with van der Waals surface area (Å²) in [6.45, 7) is 2.40. The molecule has 0 heterocycles. The number of aliphatic carboxylic acids is 1. The summed E-state index contributed by atoms with van der Waals surface area (Å²) in [6, 6.07) is 14.3. The minimum atomic E-state index is -1.04. The van der Waals surface area contributed by atoms with E-state index in [4.69, 9.17) is 14.2 Å². The zero-order valence-corrected chi connectivity index (χ0v) is 13.2. The van der Waals surface area contributed by atoms with Gasteiger partial charge in [0, 0.05) is 6.42 Å². The third-order valence-corrected chi connectivity index (χ3v) is 3.29. The average molecular weight is 316 g/mol. The molecule has 1 atom stereocenters. The molecular formula is C18H20O5. The normalized spacial score (nSPS) is 11.6. The second-order valence-electron chi connectivity index (χ2n) is 4.84. The second kappa shape index (κ2) is 8.08. The van der Waals surface area contributed by atoms with Crippen LogP contribution in [0.4, 0.5) is 0 Å². The number of hydrogen-bond acceptors (Lipinski definition) is 4. The maximum atomic E-state index is 11.6. The molecule has 2 aromatic rings. The lowest BCUT2D eigenvalue weighted by Gasteiger charge is -2.18. The van der Waals surface area contributed by atoms with Gasteiger partial charge in [-0.1, -0.05) is 30.3 Å². The van der Waals surface area contributed by atoms with Crippen molar-refractivity contribution < 1.29 is 24.1 Å². The predicted molar refractivity (Wildman–Crippen MR) is 86.4 cm³/mol. The van der Waals surface area contributed by atoms with E-state index in [1.54, 1.807) is 24.3 Å². The summed E-state index contributed by atoms with van der Waals surface area (Å²) in [7, 11) is 1.52. The van der Waals surface area contributed by atoms with Gasteiger partial charge in [-0.25, -0.2) is 4.79 Å². The van der Waals surface area contributed by atoms with Crippen molar-refractivity contribution in [3.05, 3.63) is 54.1 Å². The van der Waals surface area contributed by atoms with Crippen LogP contribution in [-0.4, -0.2) is 30.9 Å². The third kappa shape index (κ3) is 4.39. The maximum Gasteiger partial charge on any atom is 0.345 e. The van der Waals surface area contributed by atoms with E-state index in [9.17, 15) is 9.90 Å². The first-order valence-corrected chi connectivity index (χ1v) is 7.39. The molecule has 0 saturated carbocycles. The van der Waals surface area contributed by atoms with Crippen LogP contribution in [0, 0.1) is 0 Å². The number of carbonyl (C=O) groups is 1. The summed E-state index contributed by atoms with van der Waals surface area (Å²) >= 11 is 0. The summed E-state index contributed by atoms with van der Waals surface area (Å²) < 4.78 is 16.4. The van der Waals surface area contributed by atoms with Gasteiger partial charge in [-0.2, -0.15) is 0 Å². The lowest BCUT2D eigenvalue weighted by molar-refractivity contribution is -0.145. The van der Waals surface area contributed by atoms with Gasteiger partial charge in [0.2, 0.25) is 0 Å². The lowest BCUT2D eigenvalue weighted by Crippen LogP contribution is -2.29. The maximum absolute atomic E-state index is 11.6. The van der Waals surface area contributed by atoms with Crippen LogP contribution < -0.4 is 14.2 Å². The molecule has 0 aliphatic heterocycles. The highest BCUT2D eigenvalue weighted by atomic mass is 16.5. The van der Waals surface area contributed by atoms with E-state index in [2.05, 4.69) is 0 Å². The number of methoxy groups -OCH3 is 1. The molecule has 0 saturated heterocycles. The van der Waals surface area contributed by atoms with E-state index in [0.29, 0.717) is 23.9 Å². The number of ether oxygens (including phenoxy) is 3. The van der Waals surface area contributed by atoms with E-state index in [-0.39, 0.29) is 6.42 Å². The van der Waals surface area contributed by atoms with Gasteiger partial charge < -0.3 is 19.3 Å². The molecule has 0 amide bonds. The van der Waals surface area contributed by atoms with Crippen molar-refractivity contribution in [3.8, 4) is 17.2 Å². The van der Waals surface area contributed by atoms with Crippen LogP contribution in [-0.2, 0) is 11.2 Å². The van der Waals surface area contributed by atoms with Gasteiger partial charge in [0.25, 0.3) is 0 Å². The SMILES string of the molecule is CCOc1ccccc1C[C@@H](Oc1ccccc1OC)C(=O)O. The number of hydrogen-bond donors (Lipinski definition) is 1. The van der Waals surface area contributed by atoms with Crippen LogP contribution in [0.2, 0.25) is 0 Å².